The normalized spacial score (nSPS) is 10.4. The summed E-state index contributed by atoms with van der Waals surface area (Å²) in [5.74, 6) is 1.09. The summed E-state index contributed by atoms with van der Waals surface area (Å²) in [6.07, 6.45) is 0. The number of nitrogens with one attached hydrogen (secondary N) is 1. The maximum Gasteiger partial charge on any atom is 0.265 e. The molecule has 1 aromatic heterocycles. The third-order valence-corrected chi connectivity index (χ3v) is 5.57. The van der Waals surface area contributed by atoms with Crippen LogP contribution in [0.15, 0.2) is 60.0 Å². The number of hydrogen-bond acceptors (Lipinski definition) is 5. The van der Waals surface area contributed by atoms with Crippen molar-refractivity contribution < 1.29 is 19.1 Å². The molecule has 0 radical (unpaired) electrons. The van der Waals surface area contributed by atoms with Gasteiger partial charge in [-0.15, -0.1) is 11.3 Å². The molecule has 2 aromatic carbocycles. The Balaban J connectivity index is 1.68. The van der Waals surface area contributed by atoms with E-state index in [0.717, 1.165) is 5.56 Å². The van der Waals surface area contributed by atoms with E-state index < -0.39 is 0 Å². The summed E-state index contributed by atoms with van der Waals surface area (Å²) in [5, 5.41) is 4.70. The van der Waals surface area contributed by atoms with Crippen LogP contribution < -0.4 is 14.8 Å². The SMILES string of the molecule is CCOc1ccc(CN(CC)C(=O)c2ccc(NC(=O)c3cccs3)cc2)cc1OC. The molecular weight excluding hydrogens is 412 g/mol. The van der Waals surface area contributed by atoms with E-state index in [9.17, 15) is 9.59 Å². The van der Waals surface area contributed by atoms with E-state index >= 15 is 0 Å². The third kappa shape index (κ3) is 5.64. The second kappa shape index (κ2) is 10.6. The first kappa shape index (κ1) is 22.4. The summed E-state index contributed by atoms with van der Waals surface area (Å²) < 4.78 is 11.0. The largest absolute Gasteiger partial charge is 0.493 e. The molecule has 0 saturated heterocycles. The van der Waals surface area contributed by atoms with Gasteiger partial charge in [-0.3, -0.25) is 9.59 Å². The molecule has 2 amide bonds. The van der Waals surface area contributed by atoms with Crippen molar-refractivity contribution in [2.75, 3.05) is 25.6 Å². The van der Waals surface area contributed by atoms with Gasteiger partial charge in [0.2, 0.25) is 0 Å². The Morgan fingerprint density at radius 3 is 2.42 bits per heavy atom. The highest BCUT2D eigenvalue weighted by atomic mass is 32.1. The van der Waals surface area contributed by atoms with E-state index in [4.69, 9.17) is 9.47 Å². The molecular formula is C24H26N2O4S. The van der Waals surface area contributed by atoms with Crippen LogP contribution in [-0.4, -0.2) is 37.0 Å². The smallest absolute Gasteiger partial charge is 0.265 e. The molecule has 0 aliphatic rings. The van der Waals surface area contributed by atoms with Crippen LogP contribution in [0.5, 0.6) is 11.5 Å². The molecule has 7 heteroatoms. The minimum Gasteiger partial charge on any atom is -0.493 e. The average molecular weight is 439 g/mol. The van der Waals surface area contributed by atoms with Crippen molar-refractivity contribution in [3.63, 3.8) is 0 Å². The number of rotatable bonds is 9. The molecule has 31 heavy (non-hydrogen) atoms. The van der Waals surface area contributed by atoms with Crippen molar-refractivity contribution in [2.24, 2.45) is 0 Å². The van der Waals surface area contributed by atoms with Crippen LogP contribution in [0.4, 0.5) is 5.69 Å². The quantitative estimate of drug-likeness (QED) is 0.506. The van der Waals surface area contributed by atoms with E-state index in [0.29, 0.717) is 47.3 Å². The predicted molar refractivity (Wildman–Crippen MR) is 123 cm³/mol. The summed E-state index contributed by atoms with van der Waals surface area (Å²) in [6.45, 7) is 5.43. The zero-order valence-electron chi connectivity index (χ0n) is 17.9. The minimum absolute atomic E-state index is 0.0773. The minimum atomic E-state index is -0.159. The van der Waals surface area contributed by atoms with Gasteiger partial charge in [-0.25, -0.2) is 0 Å². The third-order valence-electron chi connectivity index (χ3n) is 4.70. The molecule has 0 aliphatic carbocycles. The zero-order chi connectivity index (χ0) is 22.2. The number of methoxy groups -OCH3 is 1. The molecule has 3 rings (SSSR count). The van der Waals surface area contributed by atoms with Crippen molar-refractivity contribution in [3.05, 3.63) is 76.0 Å². The van der Waals surface area contributed by atoms with Gasteiger partial charge in [-0.2, -0.15) is 0 Å². The summed E-state index contributed by atoms with van der Waals surface area (Å²) in [6, 6.07) is 16.2. The molecule has 1 N–H and O–H groups in total. The van der Waals surface area contributed by atoms with Gasteiger partial charge < -0.3 is 19.7 Å². The number of thiophene rings is 1. The second-order valence-electron chi connectivity index (χ2n) is 6.75. The van der Waals surface area contributed by atoms with Crippen LogP contribution in [-0.2, 0) is 6.54 Å². The molecule has 0 bridgehead atoms. The van der Waals surface area contributed by atoms with Crippen molar-refractivity contribution in [3.8, 4) is 11.5 Å². The van der Waals surface area contributed by atoms with Gasteiger partial charge in [-0.05, 0) is 67.3 Å². The second-order valence-corrected chi connectivity index (χ2v) is 7.69. The van der Waals surface area contributed by atoms with E-state index in [2.05, 4.69) is 5.32 Å². The summed E-state index contributed by atoms with van der Waals surface area (Å²) >= 11 is 1.38. The number of hydrogen-bond donors (Lipinski definition) is 1. The Bertz CT molecular complexity index is 1020. The van der Waals surface area contributed by atoms with E-state index in [1.54, 1.807) is 42.3 Å². The number of ether oxygens (including phenoxy) is 2. The fraction of sp³-hybridized carbons (Fsp3) is 0.250. The van der Waals surface area contributed by atoms with Crippen LogP contribution in [0.2, 0.25) is 0 Å². The van der Waals surface area contributed by atoms with Crippen LogP contribution in [0.25, 0.3) is 0 Å². The number of amides is 2. The van der Waals surface area contributed by atoms with E-state index in [1.807, 2.05) is 43.5 Å². The summed E-state index contributed by atoms with van der Waals surface area (Å²) in [7, 11) is 1.60. The molecule has 0 saturated carbocycles. The van der Waals surface area contributed by atoms with Crippen molar-refractivity contribution in [2.45, 2.75) is 20.4 Å². The fourth-order valence-electron chi connectivity index (χ4n) is 3.11. The molecule has 3 aromatic rings. The molecule has 1 heterocycles. The highest BCUT2D eigenvalue weighted by Gasteiger charge is 2.16. The lowest BCUT2D eigenvalue weighted by atomic mass is 10.1. The number of nitrogens with zero attached hydrogens (tertiary/aromatic N) is 1. The van der Waals surface area contributed by atoms with Crippen molar-refractivity contribution in [1.82, 2.24) is 4.90 Å². The Kier molecular flexibility index (Phi) is 7.67. The molecule has 6 nitrogen and oxygen atoms in total. The lowest BCUT2D eigenvalue weighted by Crippen LogP contribution is -2.30. The first-order valence-electron chi connectivity index (χ1n) is 10.1. The fourth-order valence-corrected chi connectivity index (χ4v) is 3.73. The van der Waals surface area contributed by atoms with Crippen LogP contribution in [0.3, 0.4) is 0 Å². The van der Waals surface area contributed by atoms with Gasteiger partial charge in [0.05, 0.1) is 18.6 Å². The molecule has 0 spiro atoms. The van der Waals surface area contributed by atoms with E-state index in [1.165, 1.54) is 11.3 Å². The van der Waals surface area contributed by atoms with Crippen LogP contribution in [0, 0.1) is 0 Å². The van der Waals surface area contributed by atoms with Crippen molar-refractivity contribution in [1.29, 1.82) is 0 Å². The Morgan fingerprint density at radius 2 is 1.81 bits per heavy atom. The first-order chi connectivity index (χ1) is 15.0. The Morgan fingerprint density at radius 1 is 1.03 bits per heavy atom. The van der Waals surface area contributed by atoms with Gasteiger partial charge >= 0.3 is 0 Å². The van der Waals surface area contributed by atoms with Crippen molar-refractivity contribution >= 4 is 28.8 Å². The van der Waals surface area contributed by atoms with Gasteiger partial charge in [0.25, 0.3) is 11.8 Å². The molecule has 0 atom stereocenters. The highest BCUT2D eigenvalue weighted by Crippen LogP contribution is 2.28. The van der Waals surface area contributed by atoms with Crippen LogP contribution in [0.1, 0.15) is 39.4 Å². The zero-order valence-corrected chi connectivity index (χ0v) is 18.7. The monoisotopic (exact) mass is 438 g/mol. The predicted octanol–water partition coefficient (Wildman–Crippen LogP) is 5.07. The van der Waals surface area contributed by atoms with Crippen LogP contribution >= 0.6 is 11.3 Å². The first-order valence-corrected chi connectivity index (χ1v) is 11.0. The number of benzene rings is 2. The maximum absolute atomic E-state index is 13.0. The lowest BCUT2D eigenvalue weighted by molar-refractivity contribution is 0.0752. The number of anilines is 1. The highest BCUT2D eigenvalue weighted by molar-refractivity contribution is 7.12. The van der Waals surface area contributed by atoms with Gasteiger partial charge in [0.1, 0.15) is 0 Å². The van der Waals surface area contributed by atoms with E-state index in [-0.39, 0.29) is 11.8 Å². The number of carbonyl (C=O) groups is 2. The van der Waals surface area contributed by atoms with Gasteiger partial charge in [-0.1, -0.05) is 12.1 Å². The molecule has 162 valence electrons. The van der Waals surface area contributed by atoms with Gasteiger partial charge in [0.15, 0.2) is 11.5 Å². The number of carbonyl (C=O) groups excluding carboxylic acids is 2. The Labute approximate surface area is 186 Å². The topological polar surface area (TPSA) is 67.9 Å². The summed E-state index contributed by atoms with van der Waals surface area (Å²) in [5.41, 5.74) is 2.17. The summed E-state index contributed by atoms with van der Waals surface area (Å²) in [4.78, 5) is 27.6. The Hall–Kier alpha value is -3.32. The lowest BCUT2D eigenvalue weighted by Gasteiger charge is -2.22. The standard InChI is InChI=1S/C24H26N2O4S/c1-4-26(16-17-8-13-20(30-5-2)21(15-17)29-3)24(28)18-9-11-19(12-10-18)25-23(27)22-7-6-14-31-22/h6-15H,4-5,16H2,1-3H3,(H,25,27). The molecule has 0 aliphatic heterocycles. The molecule has 0 unspecified atom stereocenters. The average Bonchev–Trinajstić information content (AvgIpc) is 3.34. The van der Waals surface area contributed by atoms with Gasteiger partial charge in [0, 0.05) is 24.3 Å². The maximum atomic E-state index is 13.0. The molecule has 0 fully saturated rings.